The van der Waals surface area contributed by atoms with E-state index in [-0.39, 0.29) is 37.5 Å². The van der Waals surface area contributed by atoms with Crippen LogP contribution in [0.3, 0.4) is 0 Å². The predicted octanol–water partition coefficient (Wildman–Crippen LogP) is 16.8. The van der Waals surface area contributed by atoms with E-state index in [2.05, 4.69) is 93.7 Å². The molecule has 0 heterocycles. The van der Waals surface area contributed by atoms with E-state index in [9.17, 15) is 14.4 Å². The summed E-state index contributed by atoms with van der Waals surface area (Å²) in [6, 6.07) is 0. The van der Waals surface area contributed by atoms with Crippen molar-refractivity contribution >= 4 is 17.9 Å². The Hall–Kier alpha value is -3.41. The van der Waals surface area contributed by atoms with Crippen molar-refractivity contribution in [2.75, 3.05) is 13.2 Å². The van der Waals surface area contributed by atoms with Gasteiger partial charge < -0.3 is 14.2 Å². The van der Waals surface area contributed by atoms with Crippen molar-refractivity contribution < 1.29 is 28.6 Å². The lowest BCUT2D eigenvalue weighted by Gasteiger charge is -2.18. The lowest BCUT2D eigenvalue weighted by Crippen LogP contribution is -2.30. The summed E-state index contributed by atoms with van der Waals surface area (Å²) in [7, 11) is 0. The highest BCUT2D eigenvalue weighted by Gasteiger charge is 2.19. The second kappa shape index (κ2) is 50.2. The maximum absolute atomic E-state index is 12.8. The molecule has 0 radical (unpaired) electrons. The quantitative estimate of drug-likeness (QED) is 0.0263. The van der Waals surface area contributed by atoms with Crippen molar-refractivity contribution in [3.63, 3.8) is 0 Å². The van der Waals surface area contributed by atoms with Crippen molar-refractivity contribution in [3.8, 4) is 0 Å². The summed E-state index contributed by atoms with van der Waals surface area (Å²) in [6.45, 7) is 6.40. The first-order chi connectivity index (χ1) is 30.5. The molecule has 354 valence electrons. The first-order valence-electron chi connectivity index (χ1n) is 25.6. The van der Waals surface area contributed by atoms with Crippen LogP contribution in [0.5, 0.6) is 0 Å². The molecular weight excluding hydrogens is 769 g/mol. The van der Waals surface area contributed by atoms with Crippen LogP contribution < -0.4 is 0 Å². The normalized spacial score (nSPS) is 12.8. The van der Waals surface area contributed by atoms with Crippen molar-refractivity contribution in [1.82, 2.24) is 0 Å². The van der Waals surface area contributed by atoms with Crippen LogP contribution in [-0.2, 0) is 28.6 Å². The molecule has 0 saturated carbocycles. The molecule has 0 aliphatic rings. The number of ether oxygens (including phenoxy) is 3. The number of unbranched alkanes of at least 4 members (excludes halogenated alkanes) is 20. The third-order valence-corrected chi connectivity index (χ3v) is 10.6. The van der Waals surface area contributed by atoms with Gasteiger partial charge in [-0.2, -0.15) is 0 Å². The largest absolute Gasteiger partial charge is 0.462 e. The van der Waals surface area contributed by atoms with E-state index in [1.807, 2.05) is 12.2 Å². The first kappa shape index (κ1) is 58.6. The average molecular weight is 863 g/mol. The van der Waals surface area contributed by atoms with Crippen LogP contribution in [0, 0.1) is 0 Å². The summed E-state index contributed by atoms with van der Waals surface area (Å²) in [4.78, 5) is 37.9. The molecular formula is C56H94O6. The minimum Gasteiger partial charge on any atom is -0.462 e. The zero-order valence-corrected chi connectivity index (χ0v) is 40.4. The fourth-order valence-corrected chi connectivity index (χ4v) is 6.77. The van der Waals surface area contributed by atoms with Gasteiger partial charge in [0.25, 0.3) is 0 Å². The Morgan fingerprint density at radius 2 is 0.661 bits per heavy atom. The molecule has 0 aromatic rings. The Morgan fingerprint density at radius 1 is 0.339 bits per heavy atom. The number of carbonyl (C=O) groups excluding carboxylic acids is 3. The molecule has 0 N–H and O–H groups in total. The van der Waals surface area contributed by atoms with Gasteiger partial charge in [-0.25, -0.2) is 0 Å². The van der Waals surface area contributed by atoms with Gasteiger partial charge in [0.05, 0.1) is 0 Å². The van der Waals surface area contributed by atoms with Crippen molar-refractivity contribution in [2.24, 2.45) is 0 Å². The van der Waals surface area contributed by atoms with Crippen molar-refractivity contribution in [3.05, 3.63) is 85.1 Å². The topological polar surface area (TPSA) is 78.9 Å². The molecule has 6 heteroatoms. The number of hydrogen-bond donors (Lipinski definition) is 0. The van der Waals surface area contributed by atoms with Gasteiger partial charge in [-0.05, 0) is 103 Å². The molecule has 0 rings (SSSR count). The molecule has 0 saturated heterocycles. The molecule has 0 aromatic heterocycles. The Bertz CT molecular complexity index is 1220. The van der Waals surface area contributed by atoms with E-state index in [1.54, 1.807) is 0 Å². The third kappa shape index (κ3) is 47.6. The van der Waals surface area contributed by atoms with Crippen LogP contribution >= 0.6 is 0 Å². The van der Waals surface area contributed by atoms with Gasteiger partial charge in [0.2, 0.25) is 0 Å². The molecule has 0 fully saturated rings. The Labute approximate surface area is 382 Å². The fraction of sp³-hybridized carbons (Fsp3) is 0.696. The maximum Gasteiger partial charge on any atom is 0.306 e. The predicted molar refractivity (Wildman–Crippen MR) is 265 cm³/mol. The minimum absolute atomic E-state index is 0.109. The van der Waals surface area contributed by atoms with Crippen LogP contribution in [0.2, 0.25) is 0 Å². The maximum atomic E-state index is 12.8. The van der Waals surface area contributed by atoms with Crippen LogP contribution in [0.4, 0.5) is 0 Å². The van der Waals surface area contributed by atoms with Gasteiger partial charge in [-0.15, -0.1) is 0 Å². The second-order valence-electron chi connectivity index (χ2n) is 16.7. The lowest BCUT2D eigenvalue weighted by atomic mass is 10.1. The SMILES string of the molecule is CC/C=C\C/C=C\C/C=C\C/C=C\CCC(=O)OCC(COC(=O)CCCCCCC/C=C\CCCCCCCCC)OC(=O)CCCCCCC/C=C\C/C=C\CCCCC. The highest BCUT2D eigenvalue weighted by molar-refractivity contribution is 5.71. The third-order valence-electron chi connectivity index (χ3n) is 10.6. The Balaban J connectivity index is 4.50. The summed E-state index contributed by atoms with van der Waals surface area (Å²) < 4.78 is 16.7. The summed E-state index contributed by atoms with van der Waals surface area (Å²) in [5.41, 5.74) is 0. The molecule has 0 aliphatic heterocycles. The van der Waals surface area contributed by atoms with E-state index >= 15 is 0 Å². The number of rotatable bonds is 45. The Kier molecular flexibility index (Phi) is 47.5. The van der Waals surface area contributed by atoms with Gasteiger partial charge in [0.1, 0.15) is 13.2 Å². The second-order valence-corrected chi connectivity index (χ2v) is 16.7. The summed E-state index contributed by atoms with van der Waals surface area (Å²) in [5.74, 6) is -1.02. The van der Waals surface area contributed by atoms with E-state index in [0.29, 0.717) is 19.3 Å². The zero-order valence-electron chi connectivity index (χ0n) is 40.4. The smallest absolute Gasteiger partial charge is 0.306 e. The van der Waals surface area contributed by atoms with E-state index < -0.39 is 6.10 Å². The summed E-state index contributed by atoms with van der Waals surface area (Å²) >= 11 is 0. The number of esters is 3. The number of allylic oxidation sites excluding steroid dienone is 14. The average Bonchev–Trinajstić information content (AvgIpc) is 3.27. The molecule has 6 nitrogen and oxygen atoms in total. The van der Waals surface area contributed by atoms with Gasteiger partial charge in [-0.1, -0.05) is 196 Å². The molecule has 0 amide bonds. The van der Waals surface area contributed by atoms with Crippen molar-refractivity contribution in [2.45, 2.75) is 239 Å². The number of hydrogen-bond acceptors (Lipinski definition) is 6. The highest BCUT2D eigenvalue weighted by Crippen LogP contribution is 2.13. The molecule has 1 unspecified atom stereocenters. The standard InChI is InChI=1S/C56H94O6/c1-4-7-10-13-16-19-22-25-27-29-31-34-37-40-43-46-49-55(58)61-52-53(51-60-54(57)48-45-42-39-36-33-30-24-21-18-15-12-9-6-3)62-56(59)50-47-44-41-38-35-32-28-26-23-20-17-14-11-8-5-2/h9,12,17-18,20-21,26-30,33,39,42,53H,4-8,10-11,13-16,19,22-25,31-32,34-38,40-41,43-52H2,1-3H3/b12-9-,20-17-,21-18-,28-26-,29-27-,33-30-,42-39-. The molecule has 0 aromatic carbocycles. The van der Waals surface area contributed by atoms with Crippen LogP contribution in [0.15, 0.2) is 85.1 Å². The number of carbonyl (C=O) groups is 3. The Morgan fingerprint density at radius 3 is 1.13 bits per heavy atom. The van der Waals surface area contributed by atoms with E-state index in [0.717, 1.165) is 103 Å². The molecule has 1 atom stereocenters. The van der Waals surface area contributed by atoms with Gasteiger partial charge >= 0.3 is 17.9 Å². The van der Waals surface area contributed by atoms with Gasteiger partial charge in [0, 0.05) is 19.3 Å². The summed E-state index contributed by atoms with van der Waals surface area (Å²) in [6.07, 6.45) is 64.3. The molecule has 62 heavy (non-hydrogen) atoms. The van der Waals surface area contributed by atoms with E-state index in [4.69, 9.17) is 14.2 Å². The van der Waals surface area contributed by atoms with E-state index in [1.165, 1.54) is 83.5 Å². The fourth-order valence-electron chi connectivity index (χ4n) is 6.77. The molecule has 0 bridgehead atoms. The minimum atomic E-state index is -0.815. The van der Waals surface area contributed by atoms with Gasteiger partial charge in [0.15, 0.2) is 6.10 Å². The van der Waals surface area contributed by atoms with Gasteiger partial charge in [-0.3, -0.25) is 14.4 Å². The summed E-state index contributed by atoms with van der Waals surface area (Å²) in [5, 5.41) is 0. The monoisotopic (exact) mass is 863 g/mol. The first-order valence-corrected chi connectivity index (χ1v) is 25.6. The van der Waals surface area contributed by atoms with Crippen LogP contribution in [0.1, 0.15) is 233 Å². The zero-order chi connectivity index (χ0) is 45.1. The van der Waals surface area contributed by atoms with Crippen LogP contribution in [0.25, 0.3) is 0 Å². The van der Waals surface area contributed by atoms with Crippen molar-refractivity contribution in [1.29, 1.82) is 0 Å². The lowest BCUT2D eigenvalue weighted by molar-refractivity contribution is -0.166. The molecule has 0 spiro atoms. The molecule has 0 aliphatic carbocycles. The van der Waals surface area contributed by atoms with Crippen LogP contribution in [-0.4, -0.2) is 37.2 Å². The highest BCUT2D eigenvalue weighted by atomic mass is 16.6.